The number of hydrogen-bond acceptors (Lipinski definition) is 4. The van der Waals surface area contributed by atoms with Crippen LogP contribution in [-0.2, 0) is 0 Å². The van der Waals surface area contributed by atoms with Crippen molar-refractivity contribution in [3.63, 3.8) is 0 Å². The summed E-state index contributed by atoms with van der Waals surface area (Å²) in [5.74, 6) is -0.539. The van der Waals surface area contributed by atoms with Gasteiger partial charge >= 0.3 is 0 Å². The highest BCUT2D eigenvalue weighted by atomic mass is 32.1. The maximum atomic E-state index is 10.3. The summed E-state index contributed by atoms with van der Waals surface area (Å²) in [6.07, 6.45) is 9.00. The van der Waals surface area contributed by atoms with Crippen LogP contribution in [0.2, 0.25) is 0 Å². The van der Waals surface area contributed by atoms with Crippen LogP contribution in [-0.4, -0.2) is 10.9 Å². The summed E-state index contributed by atoms with van der Waals surface area (Å²) in [5.41, 5.74) is 10.3. The average molecular weight is 227 g/mol. The largest absolute Gasteiger partial charge is 0.375 e. The molecule has 1 aromatic heterocycles. The maximum Gasteiger partial charge on any atom is 0.268 e. The topological polar surface area (TPSA) is 82.0 Å². The van der Waals surface area contributed by atoms with E-state index in [0.29, 0.717) is 5.13 Å². The van der Waals surface area contributed by atoms with Gasteiger partial charge in [0.05, 0.1) is 0 Å². The molecule has 0 unspecified atom stereocenters. The fourth-order valence-electron chi connectivity index (χ4n) is 1.46. The summed E-state index contributed by atoms with van der Waals surface area (Å²) in [5, 5.41) is 1.89. The zero-order valence-corrected chi connectivity index (χ0v) is 9.55. The SMILES string of the molecule is C1CCCCC1.NC(=O)c1csc(N)n1. The molecule has 0 spiro atoms. The summed E-state index contributed by atoms with van der Waals surface area (Å²) >= 11 is 1.20. The van der Waals surface area contributed by atoms with E-state index in [0.717, 1.165) is 0 Å². The van der Waals surface area contributed by atoms with E-state index in [1.54, 1.807) is 0 Å². The van der Waals surface area contributed by atoms with Gasteiger partial charge in [-0.25, -0.2) is 4.98 Å². The Morgan fingerprint density at radius 2 is 1.67 bits per heavy atom. The summed E-state index contributed by atoms with van der Waals surface area (Å²) < 4.78 is 0. The van der Waals surface area contributed by atoms with Gasteiger partial charge in [0.2, 0.25) is 0 Å². The number of aromatic nitrogens is 1. The fourth-order valence-corrected chi connectivity index (χ4v) is 2.01. The van der Waals surface area contributed by atoms with Crippen molar-refractivity contribution >= 4 is 22.4 Å². The van der Waals surface area contributed by atoms with Crippen LogP contribution in [0.4, 0.5) is 5.13 Å². The Hall–Kier alpha value is -1.10. The Morgan fingerprint density at radius 1 is 1.20 bits per heavy atom. The highest BCUT2D eigenvalue weighted by molar-refractivity contribution is 7.13. The maximum absolute atomic E-state index is 10.3. The lowest BCUT2D eigenvalue weighted by molar-refractivity contribution is 0.0996. The van der Waals surface area contributed by atoms with Crippen molar-refractivity contribution < 1.29 is 4.79 Å². The van der Waals surface area contributed by atoms with Gasteiger partial charge in [-0.15, -0.1) is 11.3 Å². The van der Waals surface area contributed by atoms with E-state index < -0.39 is 5.91 Å². The molecule has 84 valence electrons. The Bertz CT molecular complexity index is 296. The highest BCUT2D eigenvalue weighted by Gasteiger charge is 2.02. The minimum atomic E-state index is -0.539. The number of nitrogens with zero attached hydrogens (tertiary/aromatic N) is 1. The van der Waals surface area contributed by atoms with Crippen molar-refractivity contribution in [1.29, 1.82) is 0 Å². The molecule has 4 nitrogen and oxygen atoms in total. The van der Waals surface area contributed by atoms with Crippen LogP contribution in [0.15, 0.2) is 5.38 Å². The lowest BCUT2D eigenvalue weighted by Gasteiger charge is -2.05. The molecule has 2 rings (SSSR count). The van der Waals surface area contributed by atoms with E-state index in [9.17, 15) is 4.79 Å². The fraction of sp³-hybridized carbons (Fsp3) is 0.600. The molecule has 0 radical (unpaired) electrons. The van der Waals surface area contributed by atoms with Crippen LogP contribution in [0.3, 0.4) is 0 Å². The smallest absolute Gasteiger partial charge is 0.268 e. The summed E-state index contributed by atoms with van der Waals surface area (Å²) in [6, 6.07) is 0. The predicted octanol–water partition coefficient (Wildman–Crippen LogP) is 2.16. The van der Waals surface area contributed by atoms with E-state index in [2.05, 4.69) is 4.98 Å². The van der Waals surface area contributed by atoms with Gasteiger partial charge in [0.15, 0.2) is 5.13 Å². The van der Waals surface area contributed by atoms with E-state index in [1.165, 1.54) is 55.2 Å². The van der Waals surface area contributed by atoms with Gasteiger partial charge in [0.1, 0.15) is 5.69 Å². The van der Waals surface area contributed by atoms with Crippen LogP contribution in [0.25, 0.3) is 0 Å². The molecule has 1 heterocycles. The van der Waals surface area contributed by atoms with Gasteiger partial charge < -0.3 is 11.5 Å². The van der Waals surface area contributed by atoms with Crippen molar-refractivity contribution in [1.82, 2.24) is 4.98 Å². The second-order valence-electron chi connectivity index (χ2n) is 3.56. The molecule has 0 aliphatic heterocycles. The molecule has 5 heteroatoms. The van der Waals surface area contributed by atoms with Crippen molar-refractivity contribution in [2.75, 3.05) is 5.73 Å². The lowest BCUT2D eigenvalue weighted by atomic mass is 10.0. The third-order valence-corrected chi connectivity index (χ3v) is 2.95. The van der Waals surface area contributed by atoms with Crippen LogP contribution in [0.1, 0.15) is 49.0 Å². The van der Waals surface area contributed by atoms with Crippen LogP contribution in [0, 0.1) is 0 Å². The number of nitrogen functional groups attached to an aromatic ring is 1. The Kier molecular flexibility index (Phi) is 5.10. The van der Waals surface area contributed by atoms with E-state index in [1.807, 2.05) is 0 Å². The van der Waals surface area contributed by atoms with E-state index >= 15 is 0 Å². The van der Waals surface area contributed by atoms with E-state index in [4.69, 9.17) is 11.5 Å². The number of nitrogens with two attached hydrogens (primary N) is 2. The second kappa shape index (κ2) is 6.40. The van der Waals surface area contributed by atoms with Gasteiger partial charge in [-0.1, -0.05) is 38.5 Å². The molecular weight excluding hydrogens is 210 g/mol. The van der Waals surface area contributed by atoms with Crippen LogP contribution < -0.4 is 11.5 Å². The second-order valence-corrected chi connectivity index (χ2v) is 4.45. The number of carbonyl (C=O) groups is 1. The van der Waals surface area contributed by atoms with Crippen molar-refractivity contribution in [3.05, 3.63) is 11.1 Å². The van der Waals surface area contributed by atoms with Gasteiger partial charge in [-0.3, -0.25) is 4.79 Å². The molecule has 1 aliphatic carbocycles. The zero-order valence-electron chi connectivity index (χ0n) is 8.74. The number of anilines is 1. The molecule has 1 aliphatic rings. The zero-order chi connectivity index (χ0) is 11.1. The van der Waals surface area contributed by atoms with Crippen molar-refractivity contribution in [3.8, 4) is 0 Å². The number of carbonyl (C=O) groups excluding carboxylic acids is 1. The standard InChI is InChI=1S/C6H12.C4H5N3OS/c1-2-4-6-5-3-1;5-3(8)2-1-9-4(6)7-2/h1-6H2;1H,(H2,5,8)(H2,6,7). The molecule has 0 atom stereocenters. The highest BCUT2D eigenvalue weighted by Crippen LogP contribution is 2.15. The molecule has 0 bridgehead atoms. The van der Waals surface area contributed by atoms with Gasteiger partial charge in [0, 0.05) is 5.38 Å². The predicted molar refractivity (Wildman–Crippen MR) is 62.7 cm³/mol. The molecule has 15 heavy (non-hydrogen) atoms. The number of hydrogen-bond donors (Lipinski definition) is 2. The molecule has 1 aromatic rings. The van der Waals surface area contributed by atoms with Gasteiger partial charge in [-0.05, 0) is 0 Å². The number of thiazole rings is 1. The normalized spacial score (nSPS) is 15.2. The first-order valence-electron chi connectivity index (χ1n) is 5.21. The minimum Gasteiger partial charge on any atom is -0.375 e. The molecular formula is C10H17N3OS. The van der Waals surface area contributed by atoms with Crippen molar-refractivity contribution in [2.24, 2.45) is 5.73 Å². The summed E-state index contributed by atoms with van der Waals surface area (Å²) in [6.45, 7) is 0. The lowest BCUT2D eigenvalue weighted by Crippen LogP contribution is -2.11. The summed E-state index contributed by atoms with van der Waals surface area (Å²) in [7, 11) is 0. The molecule has 1 fully saturated rings. The Labute approximate surface area is 93.7 Å². The number of primary amides is 1. The average Bonchev–Trinajstić information content (AvgIpc) is 2.69. The number of amides is 1. The summed E-state index contributed by atoms with van der Waals surface area (Å²) in [4.78, 5) is 14.0. The third-order valence-electron chi connectivity index (χ3n) is 2.27. The molecule has 0 aromatic carbocycles. The van der Waals surface area contributed by atoms with Crippen molar-refractivity contribution in [2.45, 2.75) is 38.5 Å². The monoisotopic (exact) mass is 227 g/mol. The molecule has 1 amide bonds. The van der Waals surface area contributed by atoms with E-state index in [-0.39, 0.29) is 5.69 Å². The molecule has 0 saturated heterocycles. The first-order valence-corrected chi connectivity index (χ1v) is 6.09. The van der Waals surface area contributed by atoms with Gasteiger partial charge in [-0.2, -0.15) is 0 Å². The van der Waals surface area contributed by atoms with Crippen LogP contribution >= 0.6 is 11.3 Å². The number of rotatable bonds is 1. The first-order chi connectivity index (χ1) is 7.20. The Morgan fingerprint density at radius 3 is 1.87 bits per heavy atom. The molecule has 4 N–H and O–H groups in total. The first kappa shape index (κ1) is 12.0. The third kappa shape index (κ3) is 4.78. The minimum absolute atomic E-state index is 0.234. The Balaban J connectivity index is 0.000000162. The molecule has 1 saturated carbocycles. The van der Waals surface area contributed by atoms with Crippen LogP contribution in [0.5, 0.6) is 0 Å². The quantitative estimate of drug-likeness (QED) is 0.771. The van der Waals surface area contributed by atoms with Gasteiger partial charge in [0.25, 0.3) is 5.91 Å².